The van der Waals surface area contributed by atoms with Crippen LogP contribution in [0.15, 0.2) is 17.7 Å². The van der Waals surface area contributed by atoms with Crippen LogP contribution >= 0.6 is 0 Å². The molecule has 0 aliphatic carbocycles. The number of hydrogen-bond acceptors (Lipinski definition) is 5. The summed E-state index contributed by atoms with van der Waals surface area (Å²) >= 11 is 0. The molecule has 0 heterocycles. The second kappa shape index (κ2) is 5.85. The van der Waals surface area contributed by atoms with Gasteiger partial charge in [0.05, 0.1) is 30.8 Å². The van der Waals surface area contributed by atoms with Crippen molar-refractivity contribution in [3.63, 3.8) is 0 Å². The molecule has 0 fully saturated rings. The molecule has 0 saturated carbocycles. The molecule has 7 nitrogen and oxygen atoms in total. The van der Waals surface area contributed by atoms with E-state index >= 15 is 0 Å². The summed E-state index contributed by atoms with van der Waals surface area (Å²) in [5.74, 6) is -0.652. The van der Waals surface area contributed by atoms with Crippen molar-refractivity contribution < 1.29 is 24.3 Å². The summed E-state index contributed by atoms with van der Waals surface area (Å²) in [4.78, 5) is 21.1. The molecule has 0 radical (unpaired) electrons. The number of hydrogen-bond donors (Lipinski definition) is 1. The zero-order chi connectivity index (χ0) is 14.6. The Kier molecular flexibility index (Phi) is 4.46. The molecule has 1 N–H and O–H groups in total. The number of methoxy groups -OCH3 is 2. The predicted molar refractivity (Wildman–Crippen MR) is 67.5 cm³/mol. The minimum Gasteiger partial charge on any atom is -0.493 e. The first-order valence-electron chi connectivity index (χ1n) is 5.22. The fraction of sp³-hybridized carbons (Fsp3) is 0.250. The monoisotopic (exact) mass is 267 g/mol. The largest absolute Gasteiger partial charge is 0.493 e. The lowest BCUT2D eigenvalue weighted by Crippen LogP contribution is -1.99. The van der Waals surface area contributed by atoms with Crippen LogP contribution in [0.4, 0.5) is 5.69 Å². The Labute approximate surface area is 109 Å². The second-order valence-electron chi connectivity index (χ2n) is 3.66. The number of nitrogens with zero attached hydrogens (tertiary/aromatic N) is 1. The molecule has 0 amide bonds. The highest BCUT2D eigenvalue weighted by molar-refractivity contribution is 5.92. The van der Waals surface area contributed by atoms with E-state index in [0.29, 0.717) is 0 Å². The summed E-state index contributed by atoms with van der Waals surface area (Å²) in [6.45, 7) is 1.35. The third-order valence-corrected chi connectivity index (χ3v) is 2.44. The van der Waals surface area contributed by atoms with E-state index < -0.39 is 10.9 Å². The molecule has 1 aromatic carbocycles. The van der Waals surface area contributed by atoms with Crippen LogP contribution in [0.2, 0.25) is 0 Å². The van der Waals surface area contributed by atoms with Crippen LogP contribution in [0, 0.1) is 10.1 Å². The molecule has 0 saturated heterocycles. The summed E-state index contributed by atoms with van der Waals surface area (Å²) < 4.78 is 10.00. The lowest BCUT2D eigenvalue weighted by molar-refractivity contribution is -0.385. The van der Waals surface area contributed by atoms with Crippen molar-refractivity contribution in [3.8, 4) is 11.5 Å². The van der Waals surface area contributed by atoms with Gasteiger partial charge in [-0.05, 0) is 19.1 Å². The molecule has 0 unspecified atom stereocenters. The lowest BCUT2D eigenvalue weighted by Gasteiger charge is -2.09. The van der Waals surface area contributed by atoms with Gasteiger partial charge in [0.25, 0.3) is 5.69 Å². The van der Waals surface area contributed by atoms with Crippen molar-refractivity contribution in [1.82, 2.24) is 0 Å². The number of nitro benzene ring substituents is 1. The van der Waals surface area contributed by atoms with Crippen molar-refractivity contribution in [2.75, 3.05) is 14.2 Å². The maximum atomic E-state index is 11.0. The molecule has 102 valence electrons. The van der Waals surface area contributed by atoms with Crippen molar-refractivity contribution in [2.45, 2.75) is 6.92 Å². The van der Waals surface area contributed by atoms with Crippen LogP contribution in [-0.2, 0) is 4.79 Å². The van der Waals surface area contributed by atoms with E-state index in [0.717, 1.165) is 0 Å². The Hall–Kier alpha value is -2.57. The number of aliphatic carboxylic acids is 1. The van der Waals surface area contributed by atoms with Gasteiger partial charge < -0.3 is 14.6 Å². The number of benzene rings is 1. The third kappa shape index (κ3) is 3.21. The molecule has 1 rings (SSSR count). The molecule has 0 bridgehead atoms. The van der Waals surface area contributed by atoms with Gasteiger partial charge in [0.1, 0.15) is 0 Å². The molecule has 19 heavy (non-hydrogen) atoms. The number of nitro groups is 1. The average molecular weight is 267 g/mol. The molecule has 0 atom stereocenters. The SMILES string of the molecule is COc1cc(C=C(C)C(=O)O)c([N+](=O)[O-])cc1OC. The maximum Gasteiger partial charge on any atom is 0.331 e. The van der Waals surface area contributed by atoms with E-state index in [2.05, 4.69) is 0 Å². The quantitative estimate of drug-likeness (QED) is 0.498. The zero-order valence-electron chi connectivity index (χ0n) is 10.7. The third-order valence-electron chi connectivity index (χ3n) is 2.44. The number of carboxylic acid groups (broad SMARTS) is 1. The normalized spacial score (nSPS) is 11.0. The first-order valence-corrected chi connectivity index (χ1v) is 5.22. The predicted octanol–water partition coefficient (Wildman–Crippen LogP) is 2.10. The summed E-state index contributed by atoms with van der Waals surface area (Å²) in [6, 6.07) is 2.56. The molecular formula is C12H13NO6. The first kappa shape index (κ1) is 14.5. The van der Waals surface area contributed by atoms with E-state index in [1.165, 1.54) is 39.4 Å². The van der Waals surface area contributed by atoms with Crippen molar-refractivity contribution >= 4 is 17.7 Å². The minimum atomic E-state index is -1.15. The highest BCUT2D eigenvalue weighted by atomic mass is 16.6. The molecule has 7 heteroatoms. The summed E-state index contributed by atoms with van der Waals surface area (Å²) in [5, 5.41) is 19.8. The van der Waals surface area contributed by atoms with E-state index in [1.807, 2.05) is 0 Å². The van der Waals surface area contributed by atoms with Gasteiger partial charge in [-0.25, -0.2) is 4.79 Å². The van der Waals surface area contributed by atoms with E-state index in [1.54, 1.807) is 0 Å². The van der Waals surface area contributed by atoms with Gasteiger partial charge >= 0.3 is 5.97 Å². The van der Waals surface area contributed by atoms with Gasteiger partial charge in [-0.2, -0.15) is 0 Å². The van der Waals surface area contributed by atoms with Gasteiger partial charge in [-0.15, -0.1) is 0 Å². The topological polar surface area (TPSA) is 98.9 Å². The Morgan fingerprint density at radius 1 is 1.32 bits per heavy atom. The van der Waals surface area contributed by atoms with Crippen LogP contribution in [0.1, 0.15) is 12.5 Å². The molecule has 0 aromatic heterocycles. The Bertz CT molecular complexity index is 549. The van der Waals surface area contributed by atoms with Crippen LogP contribution in [-0.4, -0.2) is 30.2 Å². The maximum absolute atomic E-state index is 11.0. The average Bonchev–Trinajstić information content (AvgIpc) is 2.37. The number of carbonyl (C=O) groups is 1. The summed E-state index contributed by atoms with van der Waals surface area (Å²) in [6.07, 6.45) is 1.21. The highest BCUT2D eigenvalue weighted by Crippen LogP contribution is 2.35. The first-order chi connectivity index (χ1) is 8.90. The smallest absolute Gasteiger partial charge is 0.331 e. The van der Waals surface area contributed by atoms with Gasteiger partial charge in [0.2, 0.25) is 0 Å². The molecule has 1 aromatic rings. The number of rotatable bonds is 5. The summed E-state index contributed by atoms with van der Waals surface area (Å²) in [7, 11) is 2.75. The Morgan fingerprint density at radius 2 is 1.84 bits per heavy atom. The number of ether oxygens (including phenoxy) is 2. The fourth-order valence-corrected chi connectivity index (χ4v) is 1.45. The van der Waals surface area contributed by atoms with Crippen molar-refractivity contribution in [1.29, 1.82) is 0 Å². The van der Waals surface area contributed by atoms with E-state index in [-0.39, 0.29) is 28.3 Å². The molecule has 0 aliphatic rings. The fourth-order valence-electron chi connectivity index (χ4n) is 1.45. The second-order valence-corrected chi connectivity index (χ2v) is 3.66. The van der Waals surface area contributed by atoms with Crippen LogP contribution in [0.5, 0.6) is 11.5 Å². The van der Waals surface area contributed by atoms with Gasteiger partial charge in [0, 0.05) is 5.57 Å². The van der Waals surface area contributed by atoms with Crippen LogP contribution < -0.4 is 9.47 Å². The lowest BCUT2D eigenvalue weighted by atomic mass is 10.1. The Morgan fingerprint density at radius 3 is 2.26 bits per heavy atom. The van der Waals surface area contributed by atoms with Crippen LogP contribution in [0.25, 0.3) is 6.08 Å². The number of carboxylic acids is 1. The van der Waals surface area contributed by atoms with Gasteiger partial charge in [-0.3, -0.25) is 10.1 Å². The van der Waals surface area contributed by atoms with Crippen LogP contribution in [0.3, 0.4) is 0 Å². The van der Waals surface area contributed by atoms with E-state index in [4.69, 9.17) is 14.6 Å². The van der Waals surface area contributed by atoms with Gasteiger partial charge in [0.15, 0.2) is 11.5 Å². The minimum absolute atomic E-state index is 0.0182. The molecule has 0 aliphatic heterocycles. The highest BCUT2D eigenvalue weighted by Gasteiger charge is 2.18. The standard InChI is InChI=1S/C12H13NO6/c1-7(12(14)15)4-8-5-10(18-2)11(19-3)6-9(8)13(16)17/h4-6H,1-3H3,(H,14,15). The van der Waals surface area contributed by atoms with Gasteiger partial charge in [-0.1, -0.05) is 0 Å². The zero-order valence-corrected chi connectivity index (χ0v) is 10.7. The Balaban J connectivity index is 3.48. The molecule has 0 spiro atoms. The van der Waals surface area contributed by atoms with Crippen molar-refractivity contribution in [3.05, 3.63) is 33.4 Å². The van der Waals surface area contributed by atoms with Crippen molar-refractivity contribution in [2.24, 2.45) is 0 Å². The van der Waals surface area contributed by atoms with E-state index in [9.17, 15) is 14.9 Å². The molecular weight excluding hydrogens is 254 g/mol. The summed E-state index contributed by atoms with van der Waals surface area (Å²) in [5.41, 5.74) is -0.129.